The normalized spacial score (nSPS) is 10.3. The Morgan fingerprint density at radius 3 is 2.71 bits per heavy atom. The van der Waals surface area contributed by atoms with Gasteiger partial charge in [-0.2, -0.15) is 5.26 Å². The lowest BCUT2D eigenvalue weighted by Crippen LogP contribution is -2.09. The smallest absolute Gasteiger partial charge is 0.307 e. The van der Waals surface area contributed by atoms with Gasteiger partial charge in [0.1, 0.15) is 11.8 Å². The maximum Gasteiger partial charge on any atom is 0.307 e. The van der Waals surface area contributed by atoms with E-state index in [4.69, 9.17) is 10.4 Å². The van der Waals surface area contributed by atoms with E-state index in [0.717, 1.165) is 6.07 Å². The molecule has 0 radical (unpaired) electrons. The first-order valence-corrected chi connectivity index (χ1v) is 5.60. The van der Waals surface area contributed by atoms with Crippen LogP contribution in [0.15, 0.2) is 6.07 Å². The van der Waals surface area contributed by atoms with Crippen LogP contribution in [0.2, 0.25) is 0 Å². The first-order valence-electron chi connectivity index (χ1n) is 4.48. The van der Waals surface area contributed by atoms with Gasteiger partial charge in [0.15, 0.2) is 0 Å². The number of halogens is 3. The van der Waals surface area contributed by atoms with Gasteiger partial charge in [0.25, 0.3) is 6.43 Å². The Hall–Kier alpha value is -1.55. The molecule has 1 rings (SSSR count). The third kappa shape index (κ3) is 3.20. The summed E-state index contributed by atoms with van der Waals surface area (Å²) in [5.74, 6) is -1.25. The summed E-state index contributed by atoms with van der Waals surface area (Å²) in [6.07, 6.45) is -3.45. The van der Waals surface area contributed by atoms with E-state index in [1.807, 2.05) is 0 Å². The van der Waals surface area contributed by atoms with E-state index in [1.54, 1.807) is 6.07 Å². The van der Waals surface area contributed by atoms with E-state index in [1.165, 1.54) is 0 Å². The Bertz CT molecular complexity index is 486. The molecule has 1 aromatic heterocycles. The van der Waals surface area contributed by atoms with Crippen molar-refractivity contribution in [2.75, 3.05) is 0 Å². The van der Waals surface area contributed by atoms with Crippen LogP contribution >= 0.6 is 15.9 Å². The average Bonchev–Trinajstić information content (AvgIpc) is 2.27. The quantitative estimate of drug-likeness (QED) is 0.867. The summed E-state index contributed by atoms with van der Waals surface area (Å²) < 4.78 is 25.4. The molecule has 0 amide bonds. The number of aliphatic carboxylic acids is 1. The Kier molecular flexibility index (Phi) is 4.52. The lowest BCUT2D eigenvalue weighted by Gasteiger charge is -2.09. The van der Waals surface area contributed by atoms with Crippen LogP contribution in [0.4, 0.5) is 8.78 Å². The first kappa shape index (κ1) is 13.5. The molecule has 0 saturated carbocycles. The number of carboxylic acids is 1. The SMILES string of the molecule is N#Cc1cc(CC(=O)O)c(C(F)F)nc1CBr. The largest absolute Gasteiger partial charge is 0.481 e. The molecule has 0 aliphatic heterocycles. The van der Waals surface area contributed by atoms with Crippen LogP contribution in [-0.4, -0.2) is 16.1 Å². The maximum absolute atomic E-state index is 12.7. The number of pyridine rings is 1. The number of aromatic nitrogens is 1. The van der Waals surface area contributed by atoms with Gasteiger partial charge in [-0.1, -0.05) is 15.9 Å². The average molecular weight is 305 g/mol. The third-order valence-corrected chi connectivity index (χ3v) is 2.54. The minimum atomic E-state index is -2.87. The summed E-state index contributed by atoms with van der Waals surface area (Å²) in [6, 6.07) is 2.95. The zero-order valence-electron chi connectivity index (χ0n) is 8.45. The molecular formula is C10H7BrF2N2O2. The summed E-state index contributed by atoms with van der Waals surface area (Å²) >= 11 is 3.03. The lowest BCUT2D eigenvalue weighted by molar-refractivity contribution is -0.136. The summed E-state index contributed by atoms with van der Waals surface area (Å²) in [6.45, 7) is 0. The number of carbonyl (C=O) groups is 1. The molecule has 0 atom stereocenters. The Labute approximate surface area is 104 Å². The standard InChI is InChI=1S/C10H7BrF2N2O2/c11-3-7-6(4-14)1-5(2-8(16)17)9(15-7)10(12)13/h1,10H,2-3H2,(H,16,17). The van der Waals surface area contributed by atoms with Crippen LogP contribution < -0.4 is 0 Å². The molecule has 0 aliphatic rings. The minimum absolute atomic E-state index is 0.0996. The monoisotopic (exact) mass is 304 g/mol. The van der Waals surface area contributed by atoms with Crippen molar-refractivity contribution in [3.05, 3.63) is 28.6 Å². The second-order valence-electron chi connectivity index (χ2n) is 3.14. The van der Waals surface area contributed by atoms with Crippen LogP contribution in [0.3, 0.4) is 0 Å². The molecule has 0 saturated heterocycles. The second-order valence-corrected chi connectivity index (χ2v) is 3.70. The fourth-order valence-electron chi connectivity index (χ4n) is 1.30. The molecule has 0 aromatic carbocycles. The fourth-order valence-corrected chi connectivity index (χ4v) is 1.73. The minimum Gasteiger partial charge on any atom is -0.481 e. The van der Waals surface area contributed by atoms with E-state index in [-0.39, 0.29) is 22.2 Å². The van der Waals surface area contributed by atoms with Crippen molar-refractivity contribution < 1.29 is 18.7 Å². The van der Waals surface area contributed by atoms with Crippen LogP contribution in [0.1, 0.15) is 28.9 Å². The third-order valence-electron chi connectivity index (χ3n) is 2.01. The Morgan fingerprint density at radius 2 is 2.29 bits per heavy atom. The number of nitrogens with zero attached hydrogens (tertiary/aromatic N) is 2. The predicted molar refractivity (Wildman–Crippen MR) is 57.9 cm³/mol. The second kappa shape index (κ2) is 5.68. The molecule has 1 N–H and O–H groups in total. The van der Waals surface area contributed by atoms with E-state index < -0.39 is 24.5 Å². The van der Waals surface area contributed by atoms with E-state index in [0.29, 0.717) is 0 Å². The van der Waals surface area contributed by atoms with Crippen LogP contribution in [0.5, 0.6) is 0 Å². The Balaban J connectivity index is 3.36. The molecule has 90 valence electrons. The number of nitriles is 1. The molecule has 0 aliphatic carbocycles. The number of hydrogen-bond acceptors (Lipinski definition) is 3. The molecule has 4 nitrogen and oxygen atoms in total. The highest BCUT2D eigenvalue weighted by Gasteiger charge is 2.19. The number of carboxylic acid groups (broad SMARTS) is 1. The van der Waals surface area contributed by atoms with Gasteiger partial charge < -0.3 is 5.11 Å². The van der Waals surface area contributed by atoms with Crippen LogP contribution in [0, 0.1) is 11.3 Å². The summed E-state index contributed by atoms with van der Waals surface area (Å²) in [5, 5.41) is 17.5. The zero-order chi connectivity index (χ0) is 13.0. The Morgan fingerprint density at radius 1 is 1.65 bits per heavy atom. The predicted octanol–water partition coefficient (Wildman–Crippen LogP) is 2.41. The van der Waals surface area contributed by atoms with Crippen molar-refractivity contribution in [2.24, 2.45) is 0 Å². The van der Waals surface area contributed by atoms with Gasteiger partial charge in [0, 0.05) is 5.33 Å². The number of hydrogen-bond donors (Lipinski definition) is 1. The van der Waals surface area contributed by atoms with Gasteiger partial charge in [-0.3, -0.25) is 4.79 Å². The molecule has 7 heteroatoms. The molecule has 0 unspecified atom stereocenters. The first-order chi connectivity index (χ1) is 7.99. The van der Waals surface area contributed by atoms with Gasteiger partial charge in [0.05, 0.1) is 17.7 Å². The highest BCUT2D eigenvalue weighted by Crippen LogP contribution is 2.24. The molecular weight excluding hydrogens is 298 g/mol. The van der Waals surface area contributed by atoms with Crippen molar-refractivity contribution in [1.82, 2.24) is 4.98 Å². The summed E-state index contributed by atoms with van der Waals surface area (Å²) in [4.78, 5) is 14.2. The maximum atomic E-state index is 12.7. The van der Waals surface area contributed by atoms with E-state index >= 15 is 0 Å². The van der Waals surface area contributed by atoms with Gasteiger partial charge in [-0.05, 0) is 11.6 Å². The summed E-state index contributed by atoms with van der Waals surface area (Å²) in [7, 11) is 0. The molecule has 0 spiro atoms. The summed E-state index contributed by atoms with van der Waals surface area (Å²) in [5.41, 5.74) is -0.436. The highest BCUT2D eigenvalue weighted by molar-refractivity contribution is 9.08. The highest BCUT2D eigenvalue weighted by atomic mass is 79.9. The van der Waals surface area contributed by atoms with E-state index in [2.05, 4.69) is 20.9 Å². The van der Waals surface area contributed by atoms with Gasteiger partial charge in [-0.25, -0.2) is 13.8 Å². The number of rotatable bonds is 4. The zero-order valence-corrected chi connectivity index (χ0v) is 10.0. The van der Waals surface area contributed by atoms with Crippen molar-refractivity contribution >= 4 is 21.9 Å². The van der Waals surface area contributed by atoms with Crippen molar-refractivity contribution in [2.45, 2.75) is 18.2 Å². The van der Waals surface area contributed by atoms with Crippen molar-refractivity contribution in [3.8, 4) is 6.07 Å². The molecule has 0 bridgehead atoms. The molecule has 1 heterocycles. The van der Waals surface area contributed by atoms with Gasteiger partial charge in [0.2, 0.25) is 0 Å². The van der Waals surface area contributed by atoms with Crippen LogP contribution in [-0.2, 0) is 16.5 Å². The molecule has 17 heavy (non-hydrogen) atoms. The van der Waals surface area contributed by atoms with Gasteiger partial charge >= 0.3 is 5.97 Å². The molecule has 0 fully saturated rings. The topological polar surface area (TPSA) is 74.0 Å². The van der Waals surface area contributed by atoms with Gasteiger partial charge in [-0.15, -0.1) is 0 Å². The lowest BCUT2D eigenvalue weighted by atomic mass is 10.1. The van der Waals surface area contributed by atoms with Crippen molar-refractivity contribution in [3.63, 3.8) is 0 Å². The number of alkyl halides is 3. The van der Waals surface area contributed by atoms with Crippen LogP contribution in [0.25, 0.3) is 0 Å². The molecule has 1 aromatic rings. The van der Waals surface area contributed by atoms with Crippen molar-refractivity contribution in [1.29, 1.82) is 5.26 Å². The van der Waals surface area contributed by atoms with E-state index in [9.17, 15) is 13.6 Å². The fraction of sp³-hybridized carbons (Fsp3) is 0.300.